The maximum absolute atomic E-state index is 13.0. The lowest BCUT2D eigenvalue weighted by atomic mass is 10.00. The van der Waals surface area contributed by atoms with E-state index in [4.69, 9.17) is 9.72 Å². The van der Waals surface area contributed by atoms with E-state index in [1.165, 1.54) is 0 Å². The maximum Gasteiger partial charge on any atom is 0.227 e. The Morgan fingerprint density at radius 1 is 1.19 bits per heavy atom. The van der Waals surface area contributed by atoms with Gasteiger partial charge in [-0.25, -0.2) is 4.98 Å². The molecule has 0 saturated carbocycles. The second-order valence-electron chi connectivity index (χ2n) is 6.76. The maximum atomic E-state index is 13.0. The number of methoxy groups -OCH3 is 1. The number of carbonyl (C=O) groups is 1. The van der Waals surface area contributed by atoms with Crippen LogP contribution in [0, 0.1) is 0 Å². The van der Waals surface area contributed by atoms with Gasteiger partial charge in [-0.3, -0.25) is 4.79 Å². The lowest BCUT2D eigenvalue weighted by molar-refractivity contribution is -0.134. The lowest BCUT2D eigenvalue weighted by Gasteiger charge is -2.34. The van der Waals surface area contributed by atoms with E-state index in [0.29, 0.717) is 6.42 Å². The molecular formula is C21H23N3O2. The largest absolute Gasteiger partial charge is 0.497 e. The van der Waals surface area contributed by atoms with Crippen molar-refractivity contribution >= 4 is 16.9 Å². The molecule has 1 aromatic heterocycles. The van der Waals surface area contributed by atoms with Crippen LogP contribution in [0.5, 0.6) is 5.75 Å². The van der Waals surface area contributed by atoms with Gasteiger partial charge in [0, 0.05) is 6.54 Å². The molecule has 0 bridgehead atoms. The summed E-state index contributed by atoms with van der Waals surface area (Å²) in [5, 5.41) is 0. The number of H-pyrrole nitrogens is 1. The van der Waals surface area contributed by atoms with Crippen molar-refractivity contribution < 1.29 is 9.53 Å². The first-order chi connectivity index (χ1) is 12.7. The number of hydrogen-bond acceptors (Lipinski definition) is 3. The molecule has 0 spiro atoms. The molecular weight excluding hydrogens is 326 g/mol. The summed E-state index contributed by atoms with van der Waals surface area (Å²) >= 11 is 0. The lowest BCUT2D eigenvalue weighted by Crippen LogP contribution is -2.39. The number of amides is 1. The number of aromatic amines is 1. The smallest absolute Gasteiger partial charge is 0.227 e. The highest BCUT2D eigenvalue weighted by molar-refractivity contribution is 5.80. The fourth-order valence-electron chi connectivity index (χ4n) is 3.66. The Morgan fingerprint density at radius 3 is 2.77 bits per heavy atom. The van der Waals surface area contributed by atoms with Gasteiger partial charge in [0.1, 0.15) is 11.6 Å². The molecule has 3 aromatic rings. The minimum Gasteiger partial charge on any atom is -0.497 e. The molecule has 0 radical (unpaired) electrons. The number of ether oxygens (including phenoxy) is 1. The van der Waals surface area contributed by atoms with E-state index in [-0.39, 0.29) is 11.9 Å². The number of likely N-dealkylation sites (tertiary alicyclic amines) is 1. The van der Waals surface area contributed by atoms with Gasteiger partial charge in [0.2, 0.25) is 5.91 Å². The molecule has 5 heteroatoms. The monoisotopic (exact) mass is 349 g/mol. The molecule has 1 amide bonds. The molecule has 134 valence electrons. The van der Waals surface area contributed by atoms with Crippen molar-refractivity contribution in [2.75, 3.05) is 13.7 Å². The number of hydrogen-bond donors (Lipinski definition) is 1. The molecule has 0 aliphatic carbocycles. The summed E-state index contributed by atoms with van der Waals surface area (Å²) in [6.45, 7) is 0.788. The van der Waals surface area contributed by atoms with Crippen LogP contribution in [0.1, 0.15) is 36.7 Å². The van der Waals surface area contributed by atoms with Crippen LogP contribution in [0.3, 0.4) is 0 Å². The summed E-state index contributed by atoms with van der Waals surface area (Å²) in [6.07, 6.45) is 3.52. The molecule has 0 unspecified atom stereocenters. The van der Waals surface area contributed by atoms with Crippen molar-refractivity contribution in [2.24, 2.45) is 0 Å². The summed E-state index contributed by atoms with van der Waals surface area (Å²) < 4.78 is 5.19. The number of para-hydroxylation sites is 2. The van der Waals surface area contributed by atoms with E-state index in [1.54, 1.807) is 7.11 Å². The fraction of sp³-hybridized carbons (Fsp3) is 0.333. The van der Waals surface area contributed by atoms with Crippen molar-refractivity contribution in [1.82, 2.24) is 14.9 Å². The van der Waals surface area contributed by atoms with Crippen LogP contribution in [-0.4, -0.2) is 34.4 Å². The van der Waals surface area contributed by atoms with Crippen LogP contribution in [0.4, 0.5) is 0 Å². The minimum absolute atomic E-state index is 0.0295. The quantitative estimate of drug-likeness (QED) is 0.778. The minimum atomic E-state index is 0.0295. The van der Waals surface area contributed by atoms with Gasteiger partial charge >= 0.3 is 0 Å². The number of fused-ring (bicyclic) bond motifs is 1. The Bertz CT molecular complexity index is 868. The topological polar surface area (TPSA) is 58.2 Å². The summed E-state index contributed by atoms with van der Waals surface area (Å²) in [7, 11) is 1.64. The standard InChI is InChI=1S/C21H23N3O2/c1-26-16-11-9-15(10-12-16)14-20(25)24-13-5-4-8-19(24)21-22-17-6-2-3-7-18(17)23-21/h2-3,6-7,9-12,19H,4-5,8,13-14H2,1H3,(H,22,23)/t19-/m1/s1. The summed E-state index contributed by atoms with van der Waals surface area (Å²) in [5.41, 5.74) is 2.98. The van der Waals surface area contributed by atoms with E-state index >= 15 is 0 Å². The van der Waals surface area contributed by atoms with Gasteiger partial charge in [0.15, 0.2) is 0 Å². The van der Waals surface area contributed by atoms with E-state index in [1.807, 2.05) is 53.4 Å². The SMILES string of the molecule is COc1ccc(CC(=O)N2CCCC[C@@H]2c2nc3ccccc3[nH]2)cc1. The number of carbonyl (C=O) groups excluding carboxylic acids is 1. The zero-order valence-corrected chi connectivity index (χ0v) is 14.9. The van der Waals surface area contributed by atoms with Crippen molar-refractivity contribution in [3.8, 4) is 5.75 Å². The van der Waals surface area contributed by atoms with E-state index < -0.39 is 0 Å². The van der Waals surface area contributed by atoms with Crippen molar-refractivity contribution in [2.45, 2.75) is 31.7 Å². The molecule has 4 rings (SSSR count). The van der Waals surface area contributed by atoms with Crippen LogP contribution >= 0.6 is 0 Å². The number of piperidine rings is 1. The Labute approximate surface area is 153 Å². The second kappa shape index (κ2) is 7.20. The third kappa shape index (κ3) is 3.29. The van der Waals surface area contributed by atoms with Crippen LogP contribution in [0.25, 0.3) is 11.0 Å². The first kappa shape index (κ1) is 16.6. The van der Waals surface area contributed by atoms with Gasteiger partial charge in [0.25, 0.3) is 0 Å². The van der Waals surface area contributed by atoms with Crippen molar-refractivity contribution in [3.63, 3.8) is 0 Å². The predicted molar refractivity (Wildman–Crippen MR) is 101 cm³/mol. The Hall–Kier alpha value is -2.82. The Balaban J connectivity index is 1.55. The number of nitrogens with one attached hydrogen (secondary N) is 1. The first-order valence-corrected chi connectivity index (χ1v) is 9.11. The number of nitrogens with zero attached hydrogens (tertiary/aromatic N) is 2. The van der Waals surface area contributed by atoms with Crippen LogP contribution in [0.15, 0.2) is 48.5 Å². The second-order valence-corrected chi connectivity index (χ2v) is 6.76. The van der Waals surface area contributed by atoms with E-state index in [9.17, 15) is 4.79 Å². The average molecular weight is 349 g/mol. The highest BCUT2D eigenvalue weighted by Gasteiger charge is 2.30. The molecule has 1 aliphatic rings. The summed E-state index contributed by atoms with van der Waals surface area (Å²) in [4.78, 5) is 23.1. The third-order valence-corrected chi connectivity index (χ3v) is 5.06. The molecule has 2 aromatic carbocycles. The first-order valence-electron chi connectivity index (χ1n) is 9.11. The zero-order chi connectivity index (χ0) is 17.9. The number of aromatic nitrogens is 2. The molecule has 26 heavy (non-hydrogen) atoms. The van der Waals surface area contributed by atoms with Gasteiger partial charge in [-0.2, -0.15) is 0 Å². The molecule has 1 aliphatic heterocycles. The van der Waals surface area contributed by atoms with Gasteiger partial charge in [0.05, 0.1) is 30.6 Å². The summed E-state index contributed by atoms with van der Waals surface area (Å²) in [6, 6.07) is 15.7. The number of imidazole rings is 1. The van der Waals surface area contributed by atoms with Crippen molar-refractivity contribution in [1.29, 1.82) is 0 Å². The van der Waals surface area contributed by atoms with Crippen LogP contribution < -0.4 is 4.74 Å². The predicted octanol–water partition coefficient (Wildman–Crippen LogP) is 3.87. The third-order valence-electron chi connectivity index (χ3n) is 5.06. The molecule has 1 atom stereocenters. The molecule has 1 N–H and O–H groups in total. The van der Waals surface area contributed by atoms with Crippen molar-refractivity contribution in [3.05, 3.63) is 59.9 Å². The van der Waals surface area contributed by atoms with Crippen LogP contribution in [-0.2, 0) is 11.2 Å². The summed E-state index contributed by atoms with van der Waals surface area (Å²) in [5.74, 6) is 1.86. The van der Waals surface area contributed by atoms with Gasteiger partial charge in [-0.1, -0.05) is 24.3 Å². The van der Waals surface area contributed by atoms with Gasteiger partial charge in [-0.05, 0) is 49.1 Å². The number of benzene rings is 2. The zero-order valence-electron chi connectivity index (χ0n) is 14.9. The number of rotatable bonds is 4. The van der Waals surface area contributed by atoms with Gasteiger partial charge in [-0.15, -0.1) is 0 Å². The van der Waals surface area contributed by atoms with Gasteiger partial charge < -0.3 is 14.6 Å². The molecule has 1 fully saturated rings. The normalized spacial score (nSPS) is 17.4. The Morgan fingerprint density at radius 2 is 2.00 bits per heavy atom. The fourth-order valence-corrected chi connectivity index (χ4v) is 3.66. The van der Waals surface area contributed by atoms with E-state index in [2.05, 4.69) is 4.98 Å². The van der Waals surface area contributed by atoms with Crippen LogP contribution in [0.2, 0.25) is 0 Å². The highest BCUT2D eigenvalue weighted by atomic mass is 16.5. The Kier molecular flexibility index (Phi) is 4.61. The van der Waals surface area contributed by atoms with E-state index in [0.717, 1.165) is 54.0 Å². The molecule has 2 heterocycles. The highest BCUT2D eigenvalue weighted by Crippen LogP contribution is 2.31. The molecule has 5 nitrogen and oxygen atoms in total. The average Bonchev–Trinajstić information content (AvgIpc) is 3.12. The molecule has 1 saturated heterocycles.